The average Bonchev–Trinajstić information content (AvgIpc) is 3.26. The Morgan fingerprint density at radius 2 is 2.07 bits per heavy atom. The molecule has 0 saturated carbocycles. The first-order chi connectivity index (χ1) is 13.0. The van der Waals surface area contributed by atoms with E-state index in [-0.39, 0.29) is 5.56 Å². The summed E-state index contributed by atoms with van der Waals surface area (Å²) in [5.74, 6) is 0.576. The standard InChI is InChI=1S/C19H19N5OS2/c1-4-16-22-24-17(25)10-14(21-19(24)27-16)11-26-18-20-7-8-23(18)15-6-5-12(2)9-13(15)3/h5-10H,4,11H2,1-3H3. The predicted molar refractivity (Wildman–Crippen MR) is 109 cm³/mol. The third-order valence-corrected chi connectivity index (χ3v) is 6.26. The highest BCUT2D eigenvalue weighted by atomic mass is 32.2. The van der Waals surface area contributed by atoms with Crippen molar-refractivity contribution < 1.29 is 0 Å². The molecule has 0 radical (unpaired) electrons. The Labute approximate surface area is 164 Å². The summed E-state index contributed by atoms with van der Waals surface area (Å²) < 4.78 is 3.46. The third kappa shape index (κ3) is 3.54. The fourth-order valence-electron chi connectivity index (χ4n) is 2.91. The Kier molecular flexibility index (Phi) is 4.84. The Morgan fingerprint density at radius 3 is 2.85 bits per heavy atom. The van der Waals surface area contributed by atoms with E-state index in [1.165, 1.54) is 27.0 Å². The third-order valence-electron chi connectivity index (χ3n) is 4.21. The van der Waals surface area contributed by atoms with Gasteiger partial charge in [0.2, 0.25) is 4.96 Å². The minimum Gasteiger partial charge on any atom is -0.295 e. The lowest BCUT2D eigenvalue weighted by Crippen LogP contribution is -2.15. The first kappa shape index (κ1) is 17.9. The van der Waals surface area contributed by atoms with Crippen LogP contribution in [0.2, 0.25) is 0 Å². The van der Waals surface area contributed by atoms with Gasteiger partial charge in [-0.15, -0.1) is 0 Å². The number of aryl methyl sites for hydroxylation is 3. The van der Waals surface area contributed by atoms with Crippen LogP contribution in [0.4, 0.5) is 0 Å². The SMILES string of the molecule is CCc1nn2c(=O)cc(CSc3nccn3-c3ccc(C)cc3C)nc2s1. The maximum Gasteiger partial charge on any atom is 0.275 e. The lowest BCUT2D eigenvalue weighted by atomic mass is 10.1. The smallest absolute Gasteiger partial charge is 0.275 e. The maximum atomic E-state index is 12.3. The van der Waals surface area contributed by atoms with E-state index in [2.05, 4.69) is 51.7 Å². The molecule has 3 heterocycles. The summed E-state index contributed by atoms with van der Waals surface area (Å²) in [6.45, 7) is 6.21. The highest BCUT2D eigenvalue weighted by molar-refractivity contribution is 7.98. The number of imidazole rings is 1. The Bertz CT molecular complexity index is 1170. The van der Waals surface area contributed by atoms with Crippen molar-refractivity contribution in [3.05, 3.63) is 68.8 Å². The number of rotatable bonds is 5. The van der Waals surface area contributed by atoms with Crippen molar-refractivity contribution >= 4 is 28.1 Å². The average molecular weight is 398 g/mol. The zero-order valence-electron chi connectivity index (χ0n) is 15.3. The van der Waals surface area contributed by atoms with Crippen LogP contribution >= 0.6 is 23.1 Å². The molecule has 6 nitrogen and oxygen atoms in total. The summed E-state index contributed by atoms with van der Waals surface area (Å²) in [7, 11) is 0. The number of fused-ring (bicyclic) bond motifs is 1. The summed E-state index contributed by atoms with van der Waals surface area (Å²) in [5.41, 5.74) is 4.15. The number of aromatic nitrogens is 5. The van der Waals surface area contributed by atoms with Gasteiger partial charge in [0.1, 0.15) is 5.01 Å². The van der Waals surface area contributed by atoms with Gasteiger partial charge in [0.25, 0.3) is 5.56 Å². The summed E-state index contributed by atoms with van der Waals surface area (Å²) in [4.78, 5) is 22.0. The molecular formula is C19H19N5OS2. The van der Waals surface area contributed by atoms with Crippen LogP contribution in [0.15, 0.2) is 46.6 Å². The molecule has 4 aromatic rings. The highest BCUT2D eigenvalue weighted by Crippen LogP contribution is 2.25. The molecule has 27 heavy (non-hydrogen) atoms. The van der Waals surface area contributed by atoms with Crippen molar-refractivity contribution in [2.45, 2.75) is 38.1 Å². The fraction of sp³-hybridized carbons (Fsp3) is 0.263. The van der Waals surface area contributed by atoms with E-state index in [0.29, 0.717) is 10.7 Å². The molecular weight excluding hydrogens is 378 g/mol. The van der Waals surface area contributed by atoms with Gasteiger partial charge in [-0.05, 0) is 31.9 Å². The fourth-order valence-corrected chi connectivity index (χ4v) is 4.62. The van der Waals surface area contributed by atoms with Gasteiger partial charge in [-0.3, -0.25) is 9.36 Å². The van der Waals surface area contributed by atoms with E-state index in [9.17, 15) is 4.79 Å². The van der Waals surface area contributed by atoms with Crippen molar-refractivity contribution in [1.29, 1.82) is 0 Å². The molecule has 0 fully saturated rings. The summed E-state index contributed by atoms with van der Waals surface area (Å²) in [5, 5.41) is 6.08. The summed E-state index contributed by atoms with van der Waals surface area (Å²) >= 11 is 3.03. The topological polar surface area (TPSA) is 65.1 Å². The van der Waals surface area contributed by atoms with Crippen molar-refractivity contribution in [2.24, 2.45) is 0 Å². The van der Waals surface area contributed by atoms with E-state index < -0.39 is 0 Å². The molecule has 3 aromatic heterocycles. The Balaban J connectivity index is 1.61. The number of thioether (sulfide) groups is 1. The molecule has 0 saturated heterocycles. The van der Waals surface area contributed by atoms with Crippen LogP contribution < -0.4 is 5.56 Å². The van der Waals surface area contributed by atoms with Crippen LogP contribution in [0.3, 0.4) is 0 Å². The molecule has 0 aliphatic heterocycles. The first-order valence-corrected chi connectivity index (χ1v) is 10.5. The van der Waals surface area contributed by atoms with Crippen LogP contribution in [0.25, 0.3) is 10.6 Å². The number of nitrogens with zero attached hydrogens (tertiary/aromatic N) is 5. The van der Waals surface area contributed by atoms with Crippen LogP contribution in [-0.2, 0) is 12.2 Å². The van der Waals surface area contributed by atoms with Gasteiger partial charge in [-0.1, -0.05) is 47.7 Å². The molecule has 1 aromatic carbocycles. The van der Waals surface area contributed by atoms with Crippen molar-refractivity contribution in [3.63, 3.8) is 0 Å². The van der Waals surface area contributed by atoms with E-state index in [4.69, 9.17) is 0 Å². The molecule has 8 heteroatoms. The monoisotopic (exact) mass is 397 g/mol. The highest BCUT2D eigenvalue weighted by Gasteiger charge is 2.12. The van der Waals surface area contributed by atoms with Crippen molar-refractivity contribution in [3.8, 4) is 5.69 Å². The molecule has 4 rings (SSSR count). The van der Waals surface area contributed by atoms with Gasteiger partial charge >= 0.3 is 0 Å². The molecule has 0 aliphatic carbocycles. The van der Waals surface area contributed by atoms with Gasteiger partial charge in [0.15, 0.2) is 5.16 Å². The minimum absolute atomic E-state index is 0.135. The second kappa shape index (κ2) is 7.28. The maximum absolute atomic E-state index is 12.3. The molecule has 0 spiro atoms. The van der Waals surface area contributed by atoms with E-state index >= 15 is 0 Å². The van der Waals surface area contributed by atoms with E-state index in [0.717, 1.165) is 28.0 Å². The molecule has 0 bridgehead atoms. The zero-order chi connectivity index (χ0) is 19.0. The molecule has 0 aliphatic rings. The zero-order valence-corrected chi connectivity index (χ0v) is 17.0. The van der Waals surface area contributed by atoms with Gasteiger partial charge in [-0.2, -0.15) is 9.61 Å². The summed E-state index contributed by atoms with van der Waals surface area (Å²) in [6.07, 6.45) is 4.55. The normalized spacial score (nSPS) is 11.4. The van der Waals surface area contributed by atoms with Crippen LogP contribution in [0, 0.1) is 13.8 Å². The first-order valence-electron chi connectivity index (χ1n) is 8.67. The second-order valence-corrected chi connectivity index (χ2v) is 8.27. The molecule has 0 amide bonds. The second-order valence-electron chi connectivity index (χ2n) is 6.29. The quantitative estimate of drug-likeness (QED) is 0.479. The lowest BCUT2D eigenvalue weighted by Gasteiger charge is -2.11. The molecule has 0 unspecified atom stereocenters. The van der Waals surface area contributed by atoms with E-state index in [1.807, 2.05) is 13.1 Å². The van der Waals surface area contributed by atoms with Gasteiger partial charge in [0, 0.05) is 24.2 Å². The van der Waals surface area contributed by atoms with Gasteiger partial charge in [0.05, 0.1) is 11.4 Å². The van der Waals surface area contributed by atoms with Crippen molar-refractivity contribution in [2.75, 3.05) is 0 Å². The number of hydrogen-bond donors (Lipinski definition) is 0. The summed E-state index contributed by atoms with van der Waals surface area (Å²) in [6, 6.07) is 7.93. The Hall–Kier alpha value is -2.45. The predicted octanol–water partition coefficient (Wildman–Crippen LogP) is 3.81. The largest absolute Gasteiger partial charge is 0.295 e. The minimum atomic E-state index is -0.135. The number of benzene rings is 1. The van der Waals surface area contributed by atoms with Crippen molar-refractivity contribution in [1.82, 2.24) is 24.1 Å². The van der Waals surface area contributed by atoms with E-state index in [1.54, 1.807) is 24.0 Å². The van der Waals surface area contributed by atoms with Crippen LogP contribution in [0.5, 0.6) is 0 Å². The molecule has 138 valence electrons. The van der Waals surface area contributed by atoms with Gasteiger partial charge in [-0.25, -0.2) is 9.97 Å². The molecule has 0 N–H and O–H groups in total. The van der Waals surface area contributed by atoms with Gasteiger partial charge < -0.3 is 0 Å². The number of hydrogen-bond acceptors (Lipinski definition) is 6. The van der Waals surface area contributed by atoms with Crippen LogP contribution in [0.1, 0.15) is 28.8 Å². The lowest BCUT2D eigenvalue weighted by molar-refractivity contribution is 0.851. The Morgan fingerprint density at radius 1 is 1.22 bits per heavy atom. The molecule has 0 atom stereocenters. The van der Waals surface area contributed by atoms with Crippen LogP contribution in [-0.4, -0.2) is 24.1 Å².